The Morgan fingerprint density at radius 3 is 2.52 bits per heavy atom. The van der Waals surface area contributed by atoms with Gasteiger partial charge in [0.2, 0.25) is 0 Å². The molecule has 1 fully saturated rings. The third-order valence-electron chi connectivity index (χ3n) is 7.34. The van der Waals surface area contributed by atoms with Crippen LogP contribution in [0, 0.1) is 6.92 Å². The van der Waals surface area contributed by atoms with E-state index >= 15 is 0 Å². The highest BCUT2D eigenvalue weighted by atomic mass is 32.1. The molecule has 0 unspecified atom stereocenters. The van der Waals surface area contributed by atoms with Crippen molar-refractivity contribution < 1.29 is 28.9 Å². The summed E-state index contributed by atoms with van der Waals surface area (Å²) in [6, 6.07) is 26.6. The van der Waals surface area contributed by atoms with E-state index in [1.54, 1.807) is 42.5 Å². The maximum absolute atomic E-state index is 13.7. The number of nitrogens with zero attached hydrogens (tertiary/aromatic N) is 2. The van der Waals surface area contributed by atoms with Gasteiger partial charge in [0, 0.05) is 5.56 Å². The molecule has 9 heteroatoms. The molecule has 0 saturated carbocycles. The number of aromatic nitrogens is 1. The molecule has 222 valence electrons. The van der Waals surface area contributed by atoms with Crippen LogP contribution in [0.4, 0.5) is 5.13 Å². The first-order valence-electron chi connectivity index (χ1n) is 14.1. The number of anilines is 1. The lowest BCUT2D eigenvalue weighted by Gasteiger charge is -2.24. The average molecular weight is 607 g/mol. The second kappa shape index (κ2) is 12.2. The molecule has 1 aliphatic rings. The number of benzene rings is 4. The number of ketones is 1. The fourth-order valence-electron chi connectivity index (χ4n) is 5.23. The van der Waals surface area contributed by atoms with Crippen LogP contribution in [0.2, 0.25) is 0 Å². The first kappa shape index (κ1) is 28.9. The minimum absolute atomic E-state index is 0.0564. The largest absolute Gasteiger partial charge is 0.507 e. The lowest BCUT2D eigenvalue weighted by atomic mass is 9.95. The van der Waals surface area contributed by atoms with Crippen LogP contribution in [0.1, 0.15) is 35.2 Å². The van der Waals surface area contributed by atoms with Crippen LogP contribution in [0.25, 0.3) is 16.0 Å². The first-order chi connectivity index (χ1) is 21.4. The average Bonchev–Trinajstić information content (AvgIpc) is 3.57. The smallest absolute Gasteiger partial charge is 0.301 e. The van der Waals surface area contributed by atoms with E-state index in [-0.39, 0.29) is 11.3 Å². The third-order valence-corrected chi connectivity index (χ3v) is 8.36. The number of ether oxygens (including phenoxy) is 3. The van der Waals surface area contributed by atoms with Crippen LogP contribution >= 0.6 is 11.3 Å². The van der Waals surface area contributed by atoms with Gasteiger partial charge in [-0.25, -0.2) is 4.98 Å². The SMILES string of the molecule is CCOc1cccc(C(O)=C2C(=O)C(=O)N(c3nc4ccc(C)cc4s3)[C@H]2c2ccc(OCc3ccccc3)c(OC)c2)c1. The molecule has 1 amide bonds. The van der Waals surface area contributed by atoms with Crippen molar-refractivity contribution in [2.45, 2.75) is 26.5 Å². The highest BCUT2D eigenvalue weighted by molar-refractivity contribution is 7.22. The van der Waals surface area contributed by atoms with Crippen molar-refractivity contribution in [2.75, 3.05) is 18.6 Å². The van der Waals surface area contributed by atoms with Crippen LogP contribution in [0.3, 0.4) is 0 Å². The van der Waals surface area contributed by atoms with Crippen LogP contribution in [-0.4, -0.2) is 35.5 Å². The van der Waals surface area contributed by atoms with E-state index in [0.717, 1.165) is 15.8 Å². The Morgan fingerprint density at radius 2 is 1.75 bits per heavy atom. The predicted octanol–water partition coefficient (Wildman–Crippen LogP) is 7.22. The number of hydrogen-bond donors (Lipinski definition) is 1. The zero-order chi connectivity index (χ0) is 30.8. The first-order valence-corrected chi connectivity index (χ1v) is 15.0. The molecule has 1 aliphatic heterocycles. The molecule has 0 spiro atoms. The lowest BCUT2D eigenvalue weighted by molar-refractivity contribution is -0.132. The van der Waals surface area contributed by atoms with E-state index in [1.807, 2.05) is 62.4 Å². The van der Waals surface area contributed by atoms with Crippen LogP contribution in [0.15, 0.2) is 96.6 Å². The van der Waals surface area contributed by atoms with Gasteiger partial charge in [0.05, 0.1) is 35.5 Å². The Hall–Kier alpha value is -5.15. The summed E-state index contributed by atoms with van der Waals surface area (Å²) < 4.78 is 18.2. The molecule has 2 heterocycles. The molecule has 0 radical (unpaired) electrons. The number of aliphatic hydroxyl groups is 1. The summed E-state index contributed by atoms with van der Waals surface area (Å²) in [7, 11) is 1.53. The van der Waals surface area contributed by atoms with E-state index in [2.05, 4.69) is 0 Å². The summed E-state index contributed by atoms with van der Waals surface area (Å²) in [5.74, 6) is -0.452. The maximum atomic E-state index is 13.7. The van der Waals surface area contributed by atoms with Crippen LogP contribution in [0.5, 0.6) is 17.2 Å². The Balaban J connectivity index is 1.48. The van der Waals surface area contributed by atoms with Gasteiger partial charge in [-0.15, -0.1) is 0 Å². The van der Waals surface area contributed by atoms with Crippen molar-refractivity contribution in [2.24, 2.45) is 0 Å². The minimum atomic E-state index is -0.982. The van der Waals surface area contributed by atoms with Crippen molar-refractivity contribution in [3.63, 3.8) is 0 Å². The summed E-state index contributed by atoms with van der Waals surface area (Å²) in [6.07, 6.45) is 0. The van der Waals surface area contributed by atoms with Gasteiger partial charge in [0.15, 0.2) is 16.6 Å². The normalized spacial score (nSPS) is 16.0. The molecule has 0 bridgehead atoms. The number of amides is 1. The van der Waals surface area contributed by atoms with Gasteiger partial charge >= 0.3 is 5.91 Å². The van der Waals surface area contributed by atoms with Gasteiger partial charge < -0.3 is 19.3 Å². The second-order valence-electron chi connectivity index (χ2n) is 10.3. The van der Waals surface area contributed by atoms with E-state index in [9.17, 15) is 14.7 Å². The molecule has 4 aromatic carbocycles. The number of hydrogen-bond acceptors (Lipinski definition) is 8. The number of aliphatic hydroxyl groups excluding tert-OH is 1. The summed E-state index contributed by atoms with van der Waals surface area (Å²) in [5.41, 5.74) is 3.60. The number of carbonyl (C=O) groups excluding carboxylic acids is 2. The van der Waals surface area contributed by atoms with Gasteiger partial charge in [-0.1, -0.05) is 65.9 Å². The van der Waals surface area contributed by atoms with Gasteiger partial charge in [0.1, 0.15) is 18.1 Å². The highest BCUT2D eigenvalue weighted by Crippen LogP contribution is 2.46. The topological polar surface area (TPSA) is 98.2 Å². The zero-order valence-electron chi connectivity index (χ0n) is 24.4. The Bertz CT molecular complexity index is 1900. The molecular formula is C35H30N2O6S. The predicted molar refractivity (Wildman–Crippen MR) is 171 cm³/mol. The zero-order valence-corrected chi connectivity index (χ0v) is 25.3. The van der Waals surface area contributed by atoms with E-state index < -0.39 is 17.7 Å². The Kier molecular flexibility index (Phi) is 8.04. The highest BCUT2D eigenvalue weighted by Gasteiger charge is 2.48. The number of fused-ring (bicyclic) bond motifs is 1. The molecular weight excluding hydrogens is 576 g/mol. The number of rotatable bonds is 9. The second-order valence-corrected chi connectivity index (χ2v) is 11.3. The van der Waals surface area contributed by atoms with Crippen molar-refractivity contribution in [3.8, 4) is 17.2 Å². The van der Waals surface area contributed by atoms with Gasteiger partial charge in [0.25, 0.3) is 5.78 Å². The van der Waals surface area contributed by atoms with Crippen molar-refractivity contribution >= 4 is 44.1 Å². The molecule has 6 rings (SSSR count). The monoisotopic (exact) mass is 606 g/mol. The molecule has 0 aliphatic carbocycles. The molecule has 1 saturated heterocycles. The fraction of sp³-hybridized carbons (Fsp3) is 0.171. The molecule has 1 aromatic heterocycles. The molecule has 1 N–H and O–H groups in total. The Morgan fingerprint density at radius 1 is 0.932 bits per heavy atom. The summed E-state index contributed by atoms with van der Waals surface area (Å²) in [5, 5.41) is 12.0. The van der Waals surface area contributed by atoms with E-state index in [4.69, 9.17) is 19.2 Å². The molecule has 5 aromatic rings. The summed E-state index contributed by atoms with van der Waals surface area (Å²) in [6.45, 7) is 4.60. The maximum Gasteiger partial charge on any atom is 0.301 e. The van der Waals surface area contributed by atoms with Gasteiger partial charge in [-0.05, 0) is 66.9 Å². The Labute approximate surface area is 258 Å². The van der Waals surface area contributed by atoms with E-state index in [1.165, 1.54) is 23.3 Å². The standard InChI is InChI=1S/C35H30N2O6S/c1-4-42-25-12-8-11-24(18-25)32(38)30-31(23-14-16-27(28(19-23)41-3)43-20-22-9-6-5-7-10-22)37(34(40)33(30)39)35-36-26-15-13-21(2)17-29(26)44-35/h5-19,31,38H,4,20H2,1-3H3/t31-/m0/s1. The molecule has 8 nitrogen and oxygen atoms in total. The van der Waals surface area contributed by atoms with Crippen molar-refractivity contribution in [1.29, 1.82) is 0 Å². The van der Waals surface area contributed by atoms with Crippen LogP contribution in [-0.2, 0) is 16.2 Å². The lowest BCUT2D eigenvalue weighted by Crippen LogP contribution is -2.29. The van der Waals surface area contributed by atoms with Gasteiger partial charge in [-0.3, -0.25) is 14.5 Å². The molecule has 1 atom stereocenters. The number of methoxy groups -OCH3 is 1. The summed E-state index contributed by atoms with van der Waals surface area (Å²) >= 11 is 1.31. The summed E-state index contributed by atoms with van der Waals surface area (Å²) in [4.78, 5) is 33.6. The minimum Gasteiger partial charge on any atom is -0.507 e. The fourth-order valence-corrected chi connectivity index (χ4v) is 6.32. The third kappa shape index (κ3) is 5.49. The van der Waals surface area contributed by atoms with Crippen molar-refractivity contribution in [1.82, 2.24) is 4.98 Å². The number of carbonyl (C=O) groups is 2. The van der Waals surface area contributed by atoms with Crippen molar-refractivity contribution in [3.05, 3.63) is 119 Å². The van der Waals surface area contributed by atoms with E-state index in [0.29, 0.717) is 52.2 Å². The quantitative estimate of drug-likeness (QED) is 0.107. The van der Waals surface area contributed by atoms with Gasteiger partial charge in [-0.2, -0.15) is 0 Å². The molecule has 44 heavy (non-hydrogen) atoms. The number of thiazole rings is 1. The number of aryl methyl sites for hydroxylation is 1. The van der Waals surface area contributed by atoms with Crippen LogP contribution < -0.4 is 19.1 Å². The number of Topliss-reactive ketones (excluding diaryl/α,β-unsaturated/α-hetero) is 1.